The maximum Gasteiger partial charge on any atom is 1.00 e. The van der Waals surface area contributed by atoms with E-state index in [1.165, 1.54) is 0 Å². The van der Waals surface area contributed by atoms with Crippen molar-refractivity contribution in [3.63, 3.8) is 0 Å². The molecular formula is C33H39N3O6S4. The molecule has 1 aliphatic rings. The van der Waals surface area contributed by atoms with Crippen LogP contribution in [-0.4, -0.2) is 49.0 Å². The van der Waals surface area contributed by atoms with E-state index < -0.39 is 20.2 Å². The van der Waals surface area contributed by atoms with Gasteiger partial charge in [-0.05, 0) is 93.1 Å². The normalized spacial score (nSPS) is 14.4. The quantitative estimate of drug-likeness (QED) is 0.0921. The first kappa shape index (κ1) is 35.8. The monoisotopic (exact) mass is 701 g/mol. The Labute approximate surface area is 281 Å². The number of allylic oxidation sites excluding steroid dienone is 2. The highest BCUT2D eigenvalue weighted by molar-refractivity contribution is 8.03. The van der Waals surface area contributed by atoms with E-state index in [1.807, 2.05) is 39.0 Å². The number of benzene rings is 2. The summed E-state index contributed by atoms with van der Waals surface area (Å²) in [7, 11) is -8.46. The molecule has 0 spiro atoms. The summed E-state index contributed by atoms with van der Waals surface area (Å²) in [6.45, 7) is 7.33. The number of hydrogen-bond donors (Lipinski definition) is 0. The van der Waals surface area contributed by atoms with Gasteiger partial charge in [-0.25, -0.2) is 16.8 Å². The maximum absolute atomic E-state index is 11.1. The lowest BCUT2D eigenvalue weighted by Gasteiger charge is -2.21. The summed E-state index contributed by atoms with van der Waals surface area (Å²) < 4.78 is 69.6. The number of nitrogens with zero attached hydrogens (tertiary/aromatic N) is 3. The average Bonchev–Trinajstić information content (AvgIpc) is 3.49. The fraction of sp³-hybridized carbons (Fsp3) is 0.333. The third kappa shape index (κ3) is 11.0. The topological polar surface area (TPSA) is 134 Å². The number of aryl methyl sites for hydroxylation is 3. The maximum atomic E-state index is 11.1. The van der Waals surface area contributed by atoms with Gasteiger partial charge in [0.2, 0.25) is 5.52 Å². The Morgan fingerprint density at radius 2 is 1.57 bits per heavy atom. The van der Waals surface area contributed by atoms with E-state index in [1.54, 1.807) is 35.5 Å². The molecule has 0 atom stereocenters. The first-order chi connectivity index (χ1) is 21.8. The van der Waals surface area contributed by atoms with Crippen molar-refractivity contribution in [3.8, 4) is 0 Å². The number of rotatable bonds is 12. The lowest BCUT2D eigenvalue weighted by atomic mass is 10.2. The summed E-state index contributed by atoms with van der Waals surface area (Å²) in [5.41, 5.74) is 5.48. The summed E-state index contributed by atoms with van der Waals surface area (Å²) >= 11 is 3.34. The Hall–Kier alpha value is -3.07. The molecule has 13 heteroatoms. The molecule has 4 aromatic rings. The van der Waals surface area contributed by atoms with Crippen molar-refractivity contribution in [2.45, 2.75) is 57.9 Å². The molecule has 5 rings (SSSR count). The van der Waals surface area contributed by atoms with Crippen LogP contribution in [0.1, 0.15) is 50.2 Å². The standard InChI is InChI=1S/C28H34N2O6S4.C5H5N/c1-20-8-10-23-25(16-20)37-27(29(23)12-4-6-14-39(31,32)33)18-22(3)19-28-30(13-5-7-15-40(34,35)36)24-11-9-21(2)17-26(24)38-28;1-2-4-6-5-3-1/h8-11,16-19H,4-7,12-15H2,1-3H3,(H-,31,32,33,34,35,36);1-5H. The van der Waals surface area contributed by atoms with Crippen LogP contribution >= 0.6 is 23.1 Å². The van der Waals surface area contributed by atoms with Crippen LogP contribution in [0.5, 0.6) is 0 Å². The number of aromatic nitrogens is 2. The fourth-order valence-corrected chi connectivity index (χ4v) is 8.65. The number of unbranched alkanes of at least 4 members (excludes halogenated alkanes) is 2. The van der Waals surface area contributed by atoms with Gasteiger partial charge in [0, 0.05) is 53.9 Å². The van der Waals surface area contributed by atoms with Crippen LogP contribution < -0.4 is 9.47 Å². The van der Waals surface area contributed by atoms with Gasteiger partial charge >= 0.3 is 1.43 Å². The van der Waals surface area contributed by atoms with Gasteiger partial charge in [-0.1, -0.05) is 41.3 Å². The zero-order valence-corrected chi connectivity index (χ0v) is 29.4. The molecule has 0 amide bonds. The highest BCUT2D eigenvalue weighted by Crippen LogP contribution is 2.47. The number of hydrogen-bond acceptors (Lipinski definition) is 10. The van der Waals surface area contributed by atoms with Crippen LogP contribution in [0.3, 0.4) is 0 Å². The second-order valence-corrected chi connectivity index (χ2v) is 16.3. The van der Waals surface area contributed by atoms with Gasteiger partial charge in [0.05, 0.1) is 31.0 Å². The van der Waals surface area contributed by atoms with Crippen LogP contribution in [0.4, 0.5) is 5.69 Å². The molecule has 0 saturated heterocycles. The summed E-state index contributed by atoms with van der Waals surface area (Å²) in [6.07, 6.45) is 9.51. The Balaban J connectivity index is 0.000000770. The molecule has 9 nitrogen and oxygen atoms in total. The van der Waals surface area contributed by atoms with Crippen molar-refractivity contribution in [2.75, 3.05) is 23.0 Å². The summed E-state index contributed by atoms with van der Waals surface area (Å²) in [5, 5.41) is 2.06. The third-order valence-corrected chi connectivity index (χ3v) is 10.9. The molecule has 2 aromatic carbocycles. The summed E-state index contributed by atoms with van der Waals surface area (Å²) in [5.74, 6) is -0.724. The molecule has 46 heavy (non-hydrogen) atoms. The Morgan fingerprint density at radius 3 is 2.20 bits per heavy atom. The third-order valence-electron chi connectivity index (χ3n) is 7.09. The first-order valence-corrected chi connectivity index (χ1v) is 19.7. The van der Waals surface area contributed by atoms with E-state index >= 15 is 0 Å². The van der Waals surface area contributed by atoms with Crippen molar-refractivity contribution in [1.82, 2.24) is 4.98 Å². The molecule has 0 N–H and O–H groups in total. The van der Waals surface area contributed by atoms with Gasteiger partial charge in [0.25, 0.3) is 5.01 Å². The lowest BCUT2D eigenvalue weighted by Crippen LogP contribution is -2.35. The van der Waals surface area contributed by atoms with E-state index in [0.29, 0.717) is 38.8 Å². The Kier molecular flexibility index (Phi) is 12.6. The van der Waals surface area contributed by atoms with E-state index in [0.717, 1.165) is 47.5 Å². The van der Waals surface area contributed by atoms with Crippen LogP contribution in [0.15, 0.2) is 88.6 Å². The zero-order valence-electron chi connectivity index (χ0n) is 27.1. The number of pyridine rings is 1. The first-order valence-electron chi connectivity index (χ1n) is 14.9. The number of thiazole rings is 1. The molecule has 0 aliphatic carbocycles. The van der Waals surface area contributed by atoms with Crippen LogP contribution in [0.25, 0.3) is 16.3 Å². The van der Waals surface area contributed by atoms with Gasteiger partial charge < -0.3 is 14.0 Å². The lowest BCUT2D eigenvalue weighted by molar-refractivity contribution is -0.669. The smallest absolute Gasteiger partial charge is 0.748 e. The second-order valence-electron chi connectivity index (χ2n) is 11.1. The van der Waals surface area contributed by atoms with Crippen molar-refractivity contribution in [3.05, 3.63) is 99.8 Å². The SMILES string of the molecule is CC(=Cc1sc2cc(C)ccc2[n+]1CCCCS(=O)(=O)[O-])C=C1Sc2cc(C)ccc2N1CCCCS(=O)(=O)[O-].[H+].c1ccncc1. The van der Waals surface area contributed by atoms with Crippen molar-refractivity contribution < 1.29 is 31.9 Å². The second kappa shape index (κ2) is 16.2. The molecule has 0 bridgehead atoms. The van der Waals surface area contributed by atoms with Crippen molar-refractivity contribution >= 4 is 65.3 Å². The number of thioether (sulfide) groups is 1. The van der Waals surface area contributed by atoms with E-state index in [4.69, 9.17) is 0 Å². The highest BCUT2D eigenvalue weighted by Gasteiger charge is 2.25. The average molecular weight is 702 g/mol. The minimum absolute atomic E-state index is 0. The van der Waals surface area contributed by atoms with Gasteiger partial charge in [0.15, 0.2) is 6.54 Å². The number of anilines is 1. The van der Waals surface area contributed by atoms with Gasteiger partial charge in [0.1, 0.15) is 4.70 Å². The molecule has 1 aliphatic heterocycles. The largest absolute Gasteiger partial charge is 1.00 e. The number of fused-ring (bicyclic) bond motifs is 2. The van der Waals surface area contributed by atoms with Crippen molar-refractivity contribution in [2.24, 2.45) is 0 Å². The predicted octanol–water partition coefficient (Wildman–Crippen LogP) is 6.51. The Bertz CT molecular complexity index is 1900. The van der Waals surface area contributed by atoms with E-state index in [9.17, 15) is 25.9 Å². The molecule has 0 unspecified atom stereocenters. The molecular weight excluding hydrogens is 663 g/mol. The van der Waals surface area contributed by atoms with E-state index in [2.05, 4.69) is 63.0 Å². The Morgan fingerprint density at radius 1 is 0.913 bits per heavy atom. The summed E-state index contributed by atoms with van der Waals surface area (Å²) in [6, 6.07) is 18.3. The molecule has 2 aromatic heterocycles. The molecule has 246 valence electrons. The van der Waals surface area contributed by atoms with Crippen LogP contribution in [-0.2, 0) is 26.8 Å². The van der Waals surface area contributed by atoms with Gasteiger partial charge in [-0.15, -0.1) is 0 Å². The zero-order chi connectivity index (χ0) is 33.3. The minimum Gasteiger partial charge on any atom is -0.748 e. The van der Waals surface area contributed by atoms with E-state index in [-0.39, 0.29) is 12.9 Å². The molecule has 0 saturated carbocycles. The molecule has 0 radical (unpaired) electrons. The van der Waals surface area contributed by atoms with Gasteiger partial charge in [-0.3, -0.25) is 4.98 Å². The molecule has 0 fully saturated rings. The van der Waals surface area contributed by atoms with Crippen LogP contribution in [0.2, 0.25) is 0 Å². The highest BCUT2D eigenvalue weighted by atomic mass is 32.2. The summed E-state index contributed by atoms with van der Waals surface area (Å²) in [4.78, 5) is 7.10. The van der Waals surface area contributed by atoms with Crippen molar-refractivity contribution in [1.29, 1.82) is 0 Å². The predicted molar refractivity (Wildman–Crippen MR) is 186 cm³/mol. The van der Waals surface area contributed by atoms with Crippen LogP contribution in [0, 0.1) is 13.8 Å². The minimum atomic E-state index is -4.23. The van der Waals surface area contributed by atoms with Gasteiger partial charge in [-0.2, -0.15) is 4.57 Å². The fourth-order valence-electron chi connectivity index (χ4n) is 4.94. The molecule has 3 heterocycles.